The maximum Gasteiger partial charge on any atom is 0.140 e. The van der Waals surface area contributed by atoms with Crippen molar-refractivity contribution in [3.05, 3.63) is 36.0 Å². The summed E-state index contributed by atoms with van der Waals surface area (Å²) in [7, 11) is 4.00. The Bertz CT molecular complexity index is 598. The van der Waals surface area contributed by atoms with Gasteiger partial charge in [-0.3, -0.25) is 4.98 Å². The quantitative estimate of drug-likeness (QED) is 0.843. The Labute approximate surface area is 118 Å². The van der Waals surface area contributed by atoms with Crippen LogP contribution in [0.25, 0.3) is 10.9 Å². The Morgan fingerprint density at radius 3 is 2.79 bits per heavy atom. The van der Waals surface area contributed by atoms with Crippen molar-refractivity contribution >= 4 is 28.1 Å². The van der Waals surface area contributed by atoms with Crippen LogP contribution < -0.4 is 10.5 Å². The monoisotopic (exact) mass is 275 g/mol. The fraction of sp³-hybridized carbons (Fsp3) is 0.286. The maximum absolute atomic E-state index is 5.87. The van der Waals surface area contributed by atoms with Gasteiger partial charge in [-0.15, -0.1) is 0 Å². The molecule has 0 amide bonds. The van der Waals surface area contributed by atoms with Gasteiger partial charge >= 0.3 is 0 Å². The first-order valence-corrected chi connectivity index (χ1v) is 6.45. The van der Waals surface area contributed by atoms with Gasteiger partial charge in [0, 0.05) is 18.1 Å². The van der Waals surface area contributed by atoms with Crippen LogP contribution in [0, 0.1) is 0 Å². The minimum absolute atomic E-state index is 0.304. The molecule has 0 saturated heterocycles. The molecule has 1 aromatic carbocycles. The molecule has 0 spiro atoms. The summed E-state index contributed by atoms with van der Waals surface area (Å²) in [4.78, 5) is 6.71. The number of fused-ring (bicyclic) bond motifs is 1. The predicted molar refractivity (Wildman–Crippen MR) is 81.7 cm³/mol. The number of hydrogen-bond acceptors (Lipinski definition) is 4. The molecule has 2 aromatic rings. The molecule has 19 heavy (non-hydrogen) atoms. The summed E-state index contributed by atoms with van der Waals surface area (Å²) in [5.74, 6) is 0.722. The van der Waals surface area contributed by atoms with Crippen molar-refractivity contribution < 1.29 is 4.74 Å². The minimum atomic E-state index is 0.304. The van der Waals surface area contributed by atoms with E-state index in [-0.39, 0.29) is 0 Å². The molecule has 0 aliphatic heterocycles. The van der Waals surface area contributed by atoms with Crippen LogP contribution in [0.15, 0.2) is 30.5 Å². The molecule has 0 aliphatic carbocycles. The highest BCUT2D eigenvalue weighted by molar-refractivity contribution is 7.80. The molecule has 1 heterocycles. The first-order chi connectivity index (χ1) is 9.09. The molecule has 0 bridgehead atoms. The molecule has 1 aromatic heterocycles. The second-order valence-electron chi connectivity index (χ2n) is 4.53. The zero-order valence-electron chi connectivity index (χ0n) is 11.1. The molecular formula is C14H17N3OS. The van der Waals surface area contributed by atoms with Gasteiger partial charge in [-0.2, -0.15) is 0 Å². The van der Waals surface area contributed by atoms with Gasteiger partial charge in [0.25, 0.3) is 0 Å². The van der Waals surface area contributed by atoms with E-state index in [1.807, 2.05) is 38.4 Å². The van der Waals surface area contributed by atoms with E-state index in [2.05, 4.69) is 9.88 Å². The lowest BCUT2D eigenvalue weighted by molar-refractivity contribution is 0.263. The predicted octanol–water partition coefficient (Wildman–Crippen LogP) is 1.81. The largest absolute Gasteiger partial charge is 0.491 e. The average molecular weight is 275 g/mol. The number of nitrogens with zero attached hydrogens (tertiary/aromatic N) is 2. The van der Waals surface area contributed by atoms with Crippen molar-refractivity contribution in [2.45, 2.75) is 0 Å². The van der Waals surface area contributed by atoms with E-state index in [4.69, 9.17) is 22.7 Å². The molecule has 2 N–H and O–H groups in total. The summed E-state index contributed by atoms with van der Waals surface area (Å²) in [6, 6.07) is 7.80. The summed E-state index contributed by atoms with van der Waals surface area (Å²) in [6.07, 6.45) is 1.68. The smallest absolute Gasteiger partial charge is 0.140 e. The molecule has 2 rings (SSSR count). The number of para-hydroxylation sites is 1. The second kappa shape index (κ2) is 5.95. The Morgan fingerprint density at radius 2 is 2.11 bits per heavy atom. The Balaban J connectivity index is 2.41. The summed E-state index contributed by atoms with van der Waals surface area (Å²) in [5, 5.41) is 0.937. The number of likely N-dealkylation sites (N-methyl/N-ethyl adjacent to an activating group) is 1. The number of hydrogen-bond donors (Lipinski definition) is 1. The summed E-state index contributed by atoms with van der Waals surface area (Å²) in [6.45, 7) is 1.41. The standard InChI is InChI=1S/C14H17N3OS/c1-17(2)7-8-18-13-10-5-3-4-6-12(10)16-9-11(13)14(15)19/h3-6,9H,7-8H2,1-2H3,(H2,15,19). The fourth-order valence-corrected chi connectivity index (χ4v) is 1.92. The molecule has 100 valence electrons. The molecule has 0 aliphatic rings. The molecule has 0 unspecified atom stereocenters. The second-order valence-corrected chi connectivity index (χ2v) is 4.97. The van der Waals surface area contributed by atoms with Gasteiger partial charge in [-0.25, -0.2) is 0 Å². The fourth-order valence-electron chi connectivity index (χ4n) is 1.78. The molecule has 0 fully saturated rings. The van der Waals surface area contributed by atoms with Crippen molar-refractivity contribution in [2.24, 2.45) is 5.73 Å². The number of aromatic nitrogens is 1. The van der Waals surface area contributed by atoms with E-state index < -0.39 is 0 Å². The van der Waals surface area contributed by atoms with Gasteiger partial charge in [0.2, 0.25) is 0 Å². The highest BCUT2D eigenvalue weighted by Crippen LogP contribution is 2.28. The third-order valence-corrected chi connectivity index (χ3v) is 3.00. The number of benzene rings is 1. The van der Waals surface area contributed by atoms with Crippen LogP contribution in [0.1, 0.15) is 5.56 Å². The Kier molecular flexibility index (Phi) is 4.29. The maximum atomic E-state index is 5.87. The number of thiocarbonyl (C=S) groups is 1. The molecule has 0 atom stereocenters. The van der Waals surface area contributed by atoms with E-state index in [0.29, 0.717) is 17.2 Å². The third-order valence-electron chi connectivity index (χ3n) is 2.78. The van der Waals surface area contributed by atoms with E-state index >= 15 is 0 Å². The lowest BCUT2D eigenvalue weighted by atomic mass is 10.1. The van der Waals surface area contributed by atoms with E-state index in [1.54, 1.807) is 6.20 Å². The van der Waals surface area contributed by atoms with Crippen LogP contribution >= 0.6 is 12.2 Å². The van der Waals surface area contributed by atoms with Crippen LogP contribution in [0.5, 0.6) is 5.75 Å². The number of ether oxygens (including phenoxy) is 1. The summed E-state index contributed by atoms with van der Waals surface area (Å²) < 4.78 is 5.87. The summed E-state index contributed by atoms with van der Waals surface area (Å²) in [5.41, 5.74) is 7.30. The van der Waals surface area contributed by atoms with E-state index in [0.717, 1.165) is 23.2 Å². The number of pyridine rings is 1. The Hall–Kier alpha value is -1.72. The van der Waals surface area contributed by atoms with Gasteiger partial charge in [0.15, 0.2) is 0 Å². The normalized spacial score (nSPS) is 10.9. The van der Waals surface area contributed by atoms with Crippen molar-refractivity contribution in [2.75, 3.05) is 27.2 Å². The summed E-state index contributed by atoms with van der Waals surface area (Å²) >= 11 is 5.06. The minimum Gasteiger partial charge on any atom is -0.491 e. The van der Waals surface area contributed by atoms with E-state index in [9.17, 15) is 0 Å². The lowest BCUT2D eigenvalue weighted by Gasteiger charge is -2.15. The van der Waals surface area contributed by atoms with E-state index in [1.165, 1.54) is 0 Å². The van der Waals surface area contributed by atoms with Crippen LogP contribution in [0.4, 0.5) is 0 Å². The van der Waals surface area contributed by atoms with Gasteiger partial charge in [-0.1, -0.05) is 24.4 Å². The SMILES string of the molecule is CN(C)CCOc1c(C(N)=S)cnc2ccccc12. The van der Waals surface area contributed by atoms with Gasteiger partial charge in [0.1, 0.15) is 17.3 Å². The van der Waals surface area contributed by atoms with Gasteiger partial charge in [0.05, 0.1) is 11.1 Å². The van der Waals surface area contributed by atoms with Crippen molar-refractivity contribution in [1.29, 1.82) is 0 Å². The van der Waals surface area contributed by atoms with Crippen LogP contribution in [0.3, 0.4) is 0 Å². The molecule has 5 heteroatoms. The molecule has 0 saturated carbocycles. The van der Waals surface area contributed by atoms with Crippen molar-refractivity contribution in [3.8, 4) is 5.75 Å². The average Bonchev–Trinajstić information content (AvgIpc) is 2.38. The molecule has 4 nitrogen and oxygen atoms in total. The van der Waals surface area contributed by atoms with Crippen LogP contribution in [0.2, 0.25) is 0 Å². The van der Waals surface area contributed by atoms with Crippen LogP contribution in [-0.4, -0.2) is 42.1 Å². The topological polar surface area (TPSA) is 51.4 Å². The van der Waals surface area contributed by atoms with Crippen molar-refractivity contribution in [1.82, 2.24) is 9.88 Å². The van der Waals surface area contributed by atoms with Gasteiger partial charge < -0.3 is 15.4 Å². The third kappa shape index (κ3) is 3.19. The molecular weight excluding hydrogens is 258 g/mol. The van der Waals surface area contributed by atoms with Gasteiger partial charge in [-0.05, 0) is 26.2 Å². The number of rotatable bonds is 5. The van der Waals surface area contributed by atoms with Crippen molar-refractivity contribution in [3.63, 3.8) is 0 Å². The highest BCUT2D eigenvalue weighted by Gasteiger charge is 2.12. The zero-order chi connectivity index (χ0) is 13.8. The molecule has 0 radical (unpaired) electrons. The number of nitrogens with two attached hydrogens (primary N) is 1. The zero-order valence-corrected chi connectivity index (χ0v) is 11.9. The Morgan fingerprint density at radius 1 is 1.37 bits per heavy atom. The lowest BCUT2D eigenvalue weighted by Crippen LogP contribution is -2.21. The highest BCUT2D eigenvalue weighted by atomic mass is 32.1. The first-order valence-electron chi connectivity index (χ1n) is 6.04. The first kappa shape index (κ1) is 13.7. The van der Waals surface area contributed by atoms with Crippen LogP contribution in [-0.2, 0) is 0 Å².